The lowest BCUT2D eigenvalue weighted by Crippen LogP contribution is -2.34. The van der Waals surface area contributed by atoms with Crippen LogP contribution >= 0.6 is 0 Å². The topological polar surface area (TPSA) is 64.8 Å². The molecular weight excluding hydrogens is 320 g/mol. The van der Waals surface area contributed by atoms with Gasteiger partial charge < -0.3 is 18.9 Å². The Morgan fingerprint density at radius 1 is 1.24 bits per heavy atom. The van der Waals surface area contributed by atoms with Gasteiger partial charge in [-0.15, -0.1) is 0 Å². The van der Waals surface area contributed by atoms with E-state index >= 15 is 0 Å². The smallest absolute Gasteiger partial charge is 0.227 e. The van der Waals surface area contributed by atoms with Crippen molar-refractivity contribution >= 4 is 5.91 Å². The molecule has 2 aromatic rings. The average molecular weight is 346 g/mol. The number of amides is 1. The standard InChI is InChI=1S/C19H26N2O4/c1-5-24-17-8-6-16(7-9-17)13-21(10-11-23-4)19(22)12-18-14(2)20-25-15(18)3/h6-9H,5,10-13H2,1-4H3. The second kappa shape index (κ2) is 9.22. The summed E-state index contributed by atoms with van der Waals surface area (Å²) in [5, 5.41) is 3.92. The average Bonchev–Trinajstić information content (AvgIpc) is 2.92. The van der Waals surface area contributed by atoms with Crippen molar-refractivity contribution in [3.05, 3.63) is 46.8 Å². The van der Waals surface area contributed by atoms with Crippen molar-refractivity contribution in [3.63, 3.8) is 0 Å². The van der Waals surface area contributed by atoms with Crippen molar-refractivity contribution in [1.82, 2.24) is 10.1 Å². The number of hydrogen-bond donors (Lipinski definition) is 0. The molecule has 0 radical (unpaired) electrons. The number of hydrogen-bond acceptors (Lipinski definition) is 5. The zero-order valence-corrected chi connectivity index (χ0v) is 15.4. The number of aryl methyl sites for hydroxylation is 2. The molecule has 1 aromatic carbocycles. The fourth-order valence-electron chi connectivity index (χ4n) is 2.59. The highest BCUT2D eigenvalue weighted by Crippen LogP contribution is 2.17. The van der Waals surface area contributed by atoms with Crippen LogP contribution in [-0.4, -0.2) is 42.8 Å². The van der Waals surface area contributed by atoms with E-state index in [2.05, 4.69) is 5.16 Å². The number of carbonyl (C=O) groups excluding carboxylic acids is 1. The van der Waals surface area contributed by atoms with Gasteiger partial charge in [0.2, 0.25) is 5.91 Å². The predicted molar refractivity (Wildman–Crippen MR) is 94.6 cm³/mol. The van der Waals surface area contributed by atoms with E-state index in [4.69, 9.17) is 14.0 Å². The Labute approximate surface area is 148 Å². The first-order valence-corrected chi connectivity index (χ1v) is 8.45. The Bertz CT molecular complexity index is 660. The van der Waals surface area contributed by atoms with Crippen molar-refractivity contribution in [2.24, 2.45) is 0 Å². The van der Waals surface area contributed by atoms with Crippen molar-refractivity contribution < 1.29 is 18.8 Å². The minimum Gasteiger partial charge on any atom is -0.494 e. The number of ether oxygens (including phenoxy) is 2. The molecule has 0 aliphatic rings. The molecule has 0 aliphatic heterocycles. The summed E-state index contributed by atoms with van der Waals surface area (Å²) in [4.78, 5) is 14.6. The number of carbonyl (C=O) groups is 1. The molecule has 0 fully saturated rings. The van der Waals surface area contributed by atoms with E-state index in [1.165, 1.54) is 0 Å². The first-order valence-electron chi connectivity index (χ1n) is 8.45. The predicted octanol–water partition coefficient (Wildman–Crippen LogP) is 2.91. The van der Waals surface area contributed by atoms with Crippen molar-refractivity contribution in [2.45, 2.75) is 33.7 Å². The summed E-state index contributed by atoms with van der Waals surface area (Å²) < 4.78 is 15.8. The van der Waals surface area contributed by atoms with Gasteiger partial charge in [0, 0.05) is 25.8 Å². The molecule has 1 aromatic heterocycles. The maximum Gasteiger partial charge on any atom is 0.227 e. The van der Waals surface area contributed by atoms with Crippen LogP contribution < -0.4 is 4.74 Å². The molecule has 0 atom stereocenters. The number of benzene rings is 1. The Hall–Kier alpha value is -2.34. The number of nitrogens with zero attached hydrogens (tertiary/aromatic N) is 2. The fraction of sp³-hybridized carbons (Fsp3) is 0.474. The van der Waals surface area contributed by atoms with E-state index in [1.807, 2.05) is 45.0 Å². The molecule has 1 amide bonds. The van der Waals surface area contributed by atoms with Crippen molar-refractivity contribution in [2.75, 3.05) is 26.9 Å². The van der Waals surface area contributed by atoms with Gasteiger partial charge in [0.25, 0.3) is 0 Å². The largest absolute Gasteiger partial charge is 0.494 e. The van der Waals surface area contributed by atoms with Crippen LogP contribution in [0.25, 0.3) is 0 Å². The van der Waals surface area contributed by atoms with Gasteiger partial charge in [0.05, 0.1) is 25.3 Å². The Balaban J connectivity index is 2.07. The van der Waals surface area contributed by atoms with Gasteiger partial charge >= 0.3 is 0 Å². The van der Waals surface area contributed by atoms with Crippen LogP contribution in [0.4, 0.5) is 0 Å². The van der Waals surface area contributed by atoms with E-state index in [0.717, 1.165) is 22.6 Å². The Morgan fingerprint density at radius 2 is 1.96 bits per heavy atom. The van der Waals surface area contributed by atoms with Crippen LogP contribution in [-0.2, 0) is 22.5 Å². The minimum absolute atomic E-state index is 0.0281. The van der Waals surface area contributed by atoms with Crippen LogP contribution in [0.5, 0.6) is 5.75 Å². The Kier molecular flexibility index (Phi) is 7.01. The lowest BCUT2D eigenvalue weighted by Gasteiger charge is -2.23. The molecule has 25 heavy (non-hydrogen) atoms. The molecule has 136 valence electrons. The van der Waals surface area contributed by atoms with Crippen LogP contribution in [0.2, 0.25) is 0 Å². The number of rotatable bonds is 9. The molecule has 0 bridgehead atoms. The highest BCUT2D eigenvalue weighted by molar-refractivity contribution is 5.79. The lowest BCUT2D eigenvalue weighted by molar-refractivity contribution is -0.131. The van der Waals surface area contributed by atoms with E-state index in [-0.39, 0.29) is 12.3 Å². The third-order valence-electron chi connectivity index (χ3n) is 4.04. The van der Waals surface area contributed by atoms with Gasteiger partial charge in [-0.05, 0) is 38.5 Å². The summed E-state index contributed by atoms with van der Waals surface area (Å²) in [5.74, 6) is 1.55. The summed E-state index contributed by atoms with van der Waals surface area (Å²) in [7, 11) is 1.63. The maximum absolute atomic E-state index is 12.8. The minimum atomic E-state index is 0.0281. The summed E-state index contributed by atoms with van der Waals surface area (Å²) in [6, 6.07) is 7.81. The van der Waals surface area contributed by atoms with E-state index < -0.39 is 0 Å². The maximum atomic E-state index is 12.8. The quantitative estimate of drug-likeness (QED) is 0.698. The van der Waals surface area contributed by atoms with Gasteiger partial charge in [-0.25, -0.2) is 0 Å². The molecular formula is C19H26N2O4. The van der Waals surface area contributed by atoms with Crippen molar-refractivity contribution in [1.29, 1.82) is 0 Å². The van der Waals surface area contributed by atoms with Crippen LogP contribution in [0.1, 0.15) is 29.5 Å². The van der Waals surface area contributed by atoms with Crippen LogP contribution in [0.15, 0.2) is 28.8 Å². The molecule has 0 unspecified atom stereocenters. The van der Waals surface area contributed by atoms with Gasteiger partial charge in [-0.3, -0.25) is 4.79 Å². The summed E-state index contributed by atoms with van der Waals surface area (Å²) in [6.07, 6.45) is 0.280. The zero-order chi connectivity index (χ0) is 18.2. The molecule has 6 heteroatoms. The molecule has 0 saturated heterocycles. The van der Waals surface area contributed by atoms with Gasteiger partial charge in [-0.2, -0.15) is 0 Å². The normalized spacial score (nSPS) is 10.7. The zero-order valence-electron chi connectivity index (χ0n) is 15.4. The van der Waals surface area contributed by atoms with Gasteiger partial charge in [-0.1, -0.05) is 17.3 Å². The van der Waals surface area contributed by atoms with E-state index in [9.17, 15) is 4.79 Å². The van der Waals surface area contributed by atoms with Crippen molar-refractivity contribution in [3.8, 4) is 5.75 Å². The highest BCUT2D eigenvalue weighted by atomic mass is 16.5. The van der Waals surface area contributed by atoms with Gasteiger partial charge in [0.1, 0.15) is 11.5 Å². The molecule has 0 saturated carbocycles. The SMILES string of the molecule is CCOc1ccc(CN(CCOC)C(=O)Cc2c(C)noc2C)cc1. The Morgan fingerprint density at radius 3 is 2.52 bits per heavy atom. The van der Waals surface area contributed by atoms with E-state index in [1.54, 1.807) is 12.0 Å². The second-order valence-electron chi connectivity index (χ2n) is 5.86. The molecule has 0 aliphatic carbocycles. The molecule has 2 rings (SSSR count). The third-order valence-corrected chi connectivity index (χ3v) is 4.04. The first kappa shape index (κ1) is 19.0. The fourth-order valence-corrected chi connectivity index (χ4v) is 2.59. The van der Waals surface area contributed by atoms with E-state index in [0.29, 0.717) is 32.1 Å². The molecule has 0 N–H and O–H groups in total. The summed E-state index contributed by atoms with van der Waals surface area (Å²) >= 11 is 0. The monoisotopic (exact) mass is 346 g/mol. The third kappa shape index (κ3) is 5.32. The van der Waals surface area contributed by atoms with Crippen LogP contribution in [0, 0.1) is 13.8 Å². The molecule has 1 heterocycles. The van der Waals surface area contributed by atoms with Crippen LogP contribution in [0.3, 0.4) is 0 Å². The molecule has 0 spiro atoms. The molecule has 6 nitrogen and oxygen atoms in total. The first-order chi connectivity index (χ1) is 12.0. The lowest BCUT2D eigenvalue weighted by atomic mass is 10.1. The number of methoxy groups -OCH3 is 1. The highest BCUT2D eigenvalue weighted by Gasteiger charge is 2.19. The number of aromatic nitrogens is 1. The summed E-state index contributed by atoms with van der Waals surface area (Å²) in [5.41, 5.74) is 2.67. The van der Waals surface area contributed by atoms with Gasteiger partial charge in [0.15, 0.2) is 0 Å². The summed E-state index contributed by atoms with van der Waals surface area (Å²) in [6.45, 7) is 7.82. The second-order valence-corrected chi connectivity index (χ2v) is 5.86.